The van der Waals surface area contributed by atoms with Crippen molar-refractivity contribution in [2.75, 3.05) is 6.61 Å². The molecule has 2 saturated carbocycles. The van der Waals surface area contributed by atoms with Gasteiger partial charge < -0.3 is 34.6 Å². The molecule has 0 aromatic rings. The fourth-order valence-corrected chi connectivity index (χ4v) is 11.1. The maximum atomic E-state index is 13.9. The molecule has 0 amide bonds. The van der Waals surface area contributed by atoms with E-state index >= 15 is 0 Å². The molecule has 1 saturated heterocycles. The minimum Gasteiger partial charge on any atom is -0.481 e. The van der Waals surface area contributed by atoms with E-state index in [0.717, 1.165) is 18.4 Å². The third kappa shape index (κ3) is 7.92. The summed E-state index contributed by atoms with van der Waals surface area (Å²) in [5.74, 6) is -3.98. The van der Waals surface area contributed by atoms with E-state index in [0.29, 0.717) is 25.9 Å². The number of allylic oxidation sites excluding steroid dienone is 2. The highest BCUT2D eigenvalue weighted by Gasteiger charge is 2.71. The van der Waals surface area contributed by atoms with Gasteiger partial charge in [-0.2, -0.15) is 0 Å². The average molecular weight is 733 g/mol. The van der Waals surface area contributed by atoms with Gasteiger partial charge in [0.15, 0.2) is 12.2 Å². The Labute approximate surface area is 311 Å². The molecule has 1 heterocycles. The predicted octanol–water partition coefficient (Wildman–Crippen LogP) is 6.64. The van der Waals surface area contributed by atoms with Gasteiger partial charge in [-0.05, 0) is 100 Å². The van der Waals surface area contributed by atoms with Crippen LogP contribution in [0.2, 0.25) is 0 Å². The minimum absolute atomic E-state index is 0.00570. The van der Waals surface area contributed by atoms with Gasteiger partial charge in [0.1, 0.15) is 12.2 Å². The molecule has 0 radical (unpaired) electrons. The molecule has 10 nitrogen and oxygen atoms in total. The number of hydrogen-bond acceptors (Lipinski definition) is 9. The molecule has 296 valence electrons. The molecule has 0 bridgehead atoms. The number of ether oxygens (including phenoxy) is 3. The Morgan fingerprint density at radius 2 is 1.58 bits per heavy atom. The molecule has 0 spiro atoms. The molecular formula is C42H68O10. The van der Waals surface area contributed by atoms with Crippen LogP contribution in [0.25, 0.3) is 0 Å². The number of esters is 2. The first-order valence-electron chi connectivity index (χ1n) is 19.7. The van der Waals surface area contributed by atoms with Crippen molar-refractivity contribution < 1.29 is 49.0 Å². The molecule has 4 rings (SSSR count). The van der Waals surface area contributed by atoms with Crippen LogP contribution in [0.4, 0.5) is 0 Å². The van der Waals surface area contributed by atoms with Gasteiger partial charge in [0.05, 0.1) is 18.3 Å². The monoisotopic (exact) mass is 732 g/mol. The van der Waals surface area contributed by atoms with Crippen LogP contribution in [0.1, 0.15) is 128 Å². The molecule has 4 N–H and O–H groups in total. The first-order chi connectivity index (χ1) is 24.1. The Bertz CT molecular complexity index is 1380. The van der Waals surface area contributed by atoms with E-state index in [-0.39, 0.29) is 49.0 Å². The molecule has 1 aliphatic heterocycles. The van der Waals surface area contributed by atoms with Crippen molar-refractivity contribution in [2.45, 2.75) is 164 Å². The van der Waals surface area contributed by atoms with Crippen molar-refractivity contribution in [1.29, 1.82) is 0 Å². The van der Waals surface area contributed by atoms with Crippen LogP contribution in [0.5, 0.6) is 0 Å². The Balaban J connectivity index is 1.94. The lowest BCUT2D eigenvalue weighted by Crippen LogP contribution is -2.68. The standard InChI is InChI=1S/C42H68O10/c1-12-24(5)34(45)37(47)51-29-21-41(10)28(26-19-27(50-22-26)18-23(3)4)14-15-30(41)42(11)32(52-38(48)35(46)25(6)13-2)20-31(39(7,8)49)40(9,36(29)42)17-16-33(43)44/h15,18,24-29,31-32,34-36,45-46,49H,12-14,16-17,19-22H2,1-11H3,(H,43,44). The summed E-state index contributed by atoms with van der Waals surface area (Å²) in [4.78, 5) is 39.9. The van der Waals surface area contributed by atoms with E-state index in [1.807, 2.05) is 20.8 Å². The summed E-state index contributed by atoms with van der Waals surface area (Å²) in [5.41, 5.74) is -1.49. The molecule has 14 unspecified atom stereocenters. The molecule has 3 fully saturated rings. The predicted molar refractivity (Wildman–Crippen MR) is 198 cm³/mol. The number of carbonyl (C=O) groups excluding carboxylic acids is 2. The first kappa shape index (κ1) is 42.5. The molecule has 10 heteroatoms. The second-order valence-corrected chi connectivity index (χ2v) is 18.4. The second kappa shape index (κ2) is 15.8. The van der Waals surface area contributed by atoms with Crippen LogP contribution in [0.15, 0.2) is 23.3 Å². The van der Waals surface area contributed by atoms with Gasteiger partial charge in [0.25, 0.3) is 0 Å². The van der Waals surface area contributed by atoms with E-state index in [1.54, 1.807) is 27.7 Å². The highest BCUT2D eigenvalue weighted by molar-refractivity contribution is 5.75. The third-order valence-electron chi connectivity index (χ3n) is 14.1. The number of aliphatic hydroxyl groups is 3. The van der Waals surface area contributed by atoms with Crippen LogP contribution in [0, 0.1) is 51.8 Å². The van der Waals surface area contributed by atoms with Crippen LogP contribution in [0.3, 0.4) is 0 Å². The lowest BCUT2D eigenvalue weighted by atomic mass is 9.39. The van der Waals surface area contributed by atoms with Crippen LogP contribution < -0.4 is 0 Å². The summed E-state index contributed by atoms with van der Waals surface area (Å²) in [6.07, 6.45) is 3.47. The molecule has 52 heavy (non-hydrogen) atoms. The summed E-state index contributed by atoms with van der Waals surface area (Å²) in [6.45, 7) is 21.8. The smallest absolute Gasteiger partial charge is 0.335 e. The summed E-state index contributed by atoms with van der Waals surface area (Å²) >= 11 is 0. The minimum atomic E-state index is -1.35. The number of carboxylic acid groups (broad SMARTS) is 1. The lowest BCUT2D eigenvalue weighted by Gasteiger charge is -2.67. The SMILES string of the molecule is CCC(C)C(O)C(=O)OC1CC2(C)C(=CCC2C2COC(C=C(C)C)C2)C2(C)C(OC(=O)C(O)C(C)CC)CC(C(C)(C)O)C(C)(CCC(=O)O)C12. The quantitative estimate of drug-likeness (QED) is 0.113. The largest absolute Gasteiger partial charge is 0.481 e. The van der Waals surface area contributed by atoms with Gasteiger partial charge in [-0.3, -0.25) is 4.79 Å². The van der Waals surface area contributed by atoms with Gasteiger partial charge in [-0.15, -0.1) is 0 Å². The molecule has 14 atom stereocenters. The second-order valence-electron chi connectivity index (χ2n) is 18.4. The molecule has 4 aliphatic rings. The van der Waals surface area contributed by atoms with E-state index in [2.05, 4.69) is 39.8 Å². The average Bonchev–Trinajstić information content (AvgIpc) is 3.65. The normalized spacial score (nSPS) is 38.2. The summed E-state index contributed by atoms with van der Waals surface area (Å²) in [5, 5.41) is 44.1. The fourth-order valence-electron chi connectivity index (χ4n) is 11.1. The molecule has 3 aliphatic carbocycles. The Hall–Kier alpha value is -2.27. The van der Waals surface area contributed by atoms with Crippen molar-refractivity contribution in [1.82, 2.24) is 0 Å². The third-order valence-corrected chi connectivity index (χ3v) is 14.1. The number of aliphatic hydroxyl groups excluding tert-OH is 2. The van der Waals surface area contributed by atoms with E-state index in [9.17, 15) is 34.8 Å². The van der Waals surface area contributed by atoms with Gasteiger partial charge in [0, 0.05) is 17.8 Å². The maximum absolute atomic E-state index is 13.9. The Morgan fingerprint density at radius 3 is 2.10 bits per heavy atom. The zero-order valence-electron chi connectivity index (χ0n) is 33.6. The molecular weight excluding hydrogens is 664 g/mol. The van der Waals surface area contributed by atoms with Crippen LogP contribution >= 0.6 is 0 Å². The van der Waals surface area contributed by atoms with Crippen molar-refractivity contribution in [3.63, 3.8) is 0 Å². The zero-order valence-corrected chi connectivity index (χ0v) is 33.6. The Morgan fingerprint density at radius 1 is 1.00 bits per heavy atom. The van der Waals surface area contributed by atoms with E-state index < -0.39 is 76.0 Å². The van der Waals surface area contributed by atoms with Crippen LogP contribution in [-0.4, -0.2) is 81.1 Å². The first-order valence-corrected chi connectivity index (χ1v) is 19.7. The fraction of sp³-hybridized carbons (Fsp3) is 0.833. The summed E-state index contributed by atoms with van der Waals surface area (Å²) in [6, 6.07) is 0. The number of aliphatic carboxylic acids is 1. The summed E-state index contributed by atoms with van der Waals surface area (Å²) < 4.78 is 19.2. The van der Waals surface area contributed by atoms with Crippen molar-refractivity contribution in [3.8, 4) is 0 Å². The topological polar surface area (TPSA) is 160 Å². The lowest BCUT2D eigenvalue weighted by molar-refractivity contribution is -0.242. The van der Waals surface area contributed by atoms with Crippen LogP contribution in [-0.2, 0) is 28.6 Å². The van der Waals surface area contributed by atoms with Gasteiger partial charge in [-0.25, -0.2) is 9.59 Å². The number of fused-ring (bicyclic) bond motifs is 3. The number of carbonyl (C=O) groups is 3. The maximum Gasteiger partial charge on any atom is 0.335 e. The highest BCUT2D eigenvalue weighted by atomic mass is 16.6. The van der Waals surface area contributed by atoms with Gasteiger partial charge in [0.2, 0.25) is 0 Å². The number of rotatable bonds is 14. The van der Waals surface area contributed by atoms with Crippen molar-refractivity contribution in [3.05, 3.63) is 23.3 Å². The van der Waals surface area contributed by atoms with E-state index in [1.165, 1.54) is 5.57 Å². The molecule has 0 aromatic heterocycles. The van der Waals surface area contributed by atoms with Gasteiger partial charge >= 0.3 is 17.9 Å². The Kier molecular flexibility index (Phi) is 12.9. The van der Waals surface area contributed by atoms with Crippen molar-refractivity contribution >= 4 is 17.9 Å². The van der Waals surface area contributed by atoms with Gasteiger partial charge in [-0.1, -0.05) is 84.6 Å². The highest BCUT2D eigenvalue weighted by Crippen LogP contribution is 2.72. The number of hydrogen-bond donors (Lipinski definition) is 4. The van der Waals surface area contributed by atoms with Crippen molar-refractivity contribution in [2.24, 2.45) is 51.8 Å². The molecule has 0 aromatic carbocycles. The zero-order chi connectivity index (χ0) is 39.1. The summed E-state index contributed by atoms with van der Waals surface area (Å²) in [7, 11) is 0. The van der Waals surface area contributed by atoms with E-state index in [4.69, 9.17) is 14.2 Å². The number of carboxylic acids is 1.